The van der Waals surface area contributed by atoms with Gasteiger partial charge < -0.3 is 14.6 Å². The molecular formula is C11H13BrO3. The maximum absolute atomic E-state index is 9.68. The van der Waals surface area contributed by atoms with Crippen molar-refractivity contribution in [3.05, 3.63) is 17.7 Å². The summed E-state index contributed by atoms with van der Waals surface area (Å²) in [4.78, 5) is 0. The average molecular weight is 273 g/mol. The van der Waals surface area contributed by atoms with Crippen LogP contribution >= 0.6 is 15.9 Å². The van der Waals surface area contributed by atoms with Gasteiger partial charge in [0.2, 0.25) is 0 Å². The van der Waals surface area contributed by atoms with Crippen molar-refractivity contribution >= 4 is 15.9 Å². The van der Waals surface area contributed by atoms with Crippen molar-refractivity contribution in [3.63, 3.8) is 0 Å². The van der Waals surface area contributed by atoms with Crippen LogP contribution in [0.1, 0.15) is 12.0 Å². The molecule has 4 heteroatoms. The number of ether oxygens (including phenoxy) is 2. The van der Waals surface area contributed by atoms with Gasteiger partial charge in [0.15, 0.2) is 11.5 Å². The quantitative estimate of drug-likeness (QED) is 0.676. The Balaban J connectivity index is 2.10. The molecular weight excluding hydrogens is 260 g/mol. The molecule has 0 spiro atoms. The van der Waals surface area contributed by atoms with Crippen molar-refractivity contribution < 1.29 is 14.6 Å². The molecule has 1 heterocycles. The van der Waals surface area contributed by atoms with Gasteiger partial charge in [-0.2, -0.15) is 0 Å². The van der Waals surface area contributed by atoms with Gasteiger partial charge in [-0.25, -0.2) is 0 Å². The fourth-order valence-electron chi connectivity index (χ4n) is 1.55. The summed E-state index contributed by atoms with van der Waals surface area (Å²) in [5.41, 5.74) is 1.06. The van der Waals surface area contributed by atoms with Gasteiger partial charge in [0, 0.05) is 23.4 Å². The first-order valence-corrected chi connectivity index (χ1v) is 6.11. The monoisotopic (exact) mass is 272 g/mol. The zero-order valence-corrected chi connectivity index (χ0v) is 9.92. The van der Waals surface area contributed by atoms with E-state index in [9.17, 15) is 5.11 Å². The highest BCUT2D eigenvalue weighted by Crippen LogP contribution is 2.36. The lowest BCUT2D eigenvalue weighted by molar-refractivity contribution is 0.297. The van der Waals surface area contributed by atoms with E-state index in [1.807, 2.05) is 0 Å². The Morgan fingerprint density at radius 2 is 2.33 bits per heavy atom. The van der Waals surface area contributed by atoms with Crippen molar-refractivity contribution in [2.75, 3.05) is 18.5 Å². The summed E-state index contributed by atoms with van der Waals surface area (Å²) in [6.07, 6.45) is 1.78. The molecule has 15 heavy (non-hydrogen) atoms. The molecule has 0 aromatic heterocycles. The summed E-state index contributed by atoms with van der Waals surface area (Å²) in [6, 6.07) is 3.50. The van der Waals surface area contributed by atoms with Gasteiger partial charge in [-0.15, -0.1) is 0 Å². The molecule has 0 atom stereocenters. The number of benzene rings is 1. The van der Waals surface area contributed by atoms with Crippen LogP contribution in [0.15, 0.2) is 12.1 Å². The van der Waals surface area contributed by atoms with Crippen LogP contribution in [0.5, 0.6) is 17.2 Å². The second-order valence-corrected chi connectivity index (χ2v) is 4.21. The van der Waals surface area contributed by atoms with Crippen LogP contribution in [0.4, 0.5) is 0 Å². The zero-order chi connectivity index (χ0) is 10.7. The number of halogens is 1. The van der Waals surface area contributed by atoms with Crippen molar-refractivity contribution in [1.29, 1.82) is 0 Å². The van der Waals surface area contributed by atoms with E-state index in [0.717, 1.165) is 29.5 Å². The van der Waals surface area contributed by atoms with Gasteiger partial charge in [0.25, 0.3) is 0 Å². The standard InChI is InChI=1S/C11H13BrO3/c12-3-1-4-14-11-7-10-8(2-5-15-10)6-9(11)13/h6-7,13H,1-5H2. The average Bonchev–Trinajstić information content (AvgIpc) is 2.65. The lowest BCUT2D eigenvalue weighted by Gasteiger charge is -2.09. The maximum Gasteiger partial charge on any atom is 0.164 e. The summed E-state index contributed by atoms with van der Waals surface area (Å²) < 4.78 is 10.8. The summed E-state index contributed by atoms with van der Waals surface area (Å²) >= 11 is 3.32. The molecule has 0 saturated carbocycles. The van der Waals surface area contributed by atoms with Crippen molar-refractivity contribution in [2.45, 2.75) is 12.8 Å². The van der Waals surface area contributed by atoms with Gasteiger partial charge in [0.1, 0.15) is 5.75 Å². The van der Waals surface area contributed by atoms with E-state index in [0.29, 0.717) is 19.0 Å². The Kier molecular flexibility index (Phi) is 3.36. The smallest absolute Gasteiger partial charge is 0.164 e. The Labute approximate surface area is 97.1 Å². The molecule has 1 aliphatic heterocycles. The van der Waals surface area contributed by atoms with E-state index >= 15 is 0 Å². The number of phenolic OH excluding ortho intramolecular Hbond substituents is 1. The Hall–Kier alpha value is -0.900. The molecule has 2 rings (SSSR count). The topological polar surface area (TPSA) is 38.7 Å². The number of hydrogen-bond donors (Lipinski definition) is 1. The first kappa shape index (κ1) is 10.6. The van der Waals surface area contributed by atoms with Crippen molar-refractivity contribution in [1.82, 2.24) is 0 Å². The molecule has 1 aromatic rings. The summed E-state index contributed by atoms with van der Waals surface area (Å²) in [7, 11) is 0. The van der Waals surface area contributed by atoms with Crippen LogP contribution in [0.3, 0.4) is 0 Å². The molecule has 3 nitrogen and oxygen atoms in total. The molecule has 1 aromatic carbocycles. The maximum atomic E-state index is 9.68. The lowest BCUT2D eigenvalue weighted by atomic mass is 10.1. The minimum atomic E-state index is 0.203. The third-order valence-electron chi connectivity index (χ3n) is 2.31. The number of rotatable bonds is 4. The summed E-state index contributed by atoms with van der Waals surface area (Å²) in [5, 5.41) is 10.6. The van der Waals surface area contributed by atoms with Crippen LogP contribution in [0.2, 0.25) is 0 Å². The highest BCUT2D eigenvalue weighted by Gasteiger charge is 2.16. The Bertz CT molecular complexity index is 352. The predicted octanol–water partition coefficient (Wildman–Crippen LogP) is 2.49. The third kappa shape index (κ3) is 2.37. The SMILES string of the molecule is Oc1cc2c(cc1OCCCBr)OCC2. The second kappa shape index (κ2) is 4.75. The number of phenols is 1. The number of aromatic hydroxyl groups is 1. The van der Waals surface area contributed by atoms with Crippen LogP contribution in [-0.4, -0.2) is 23.7 Å². The summed E-state index contributed by atoms with van der Waals surface area (Å²) in [6.45, 7) is 1.29. The highest BCUT2D eigenvalue weighted by atomic mass is 79.9. The number of hydrogen-bond acceptors (Lipinski definition) is 3. The van der Waals surface area contributed by atoms with Gasteiger partial charge >= 0.3 is 0 Å². The lowest BCUT2D eigenvalue weighted by Crippen LogP contribution is -1.98. The Morgan fingerprint density at radius 3 is 3.13 bits per heavy atom. The first-order valence-electron chi connectivity index (χ1n) is 4.98. The molecule has 0 amide bonds. The third-order valence-corrected chi connectivity index (χ3v) is 2.87. The van der Waals surface area contributed by atoms with Gasteiger partial charge in [-0.1, -0.05) is 15.9 Å². The Morgan fingerprint density at radius 1 is 1.47 bits per heavy atom. The first-order chi connectivity index (χ1) is 7.31. The van der Waals surface area contributed by atoms with E-state index < -0.39 is 0 Å². The van der Waals surface area contributed by atoms with Crippen LogP contribution in [-0.2, 0) is 6.42 Å². The molecule has 0 fully saturated rings. The molecule has 82 valence electrons. The molecule has 0 unspecified atom stereocenters. The number of alkyl halides is 1. The molecule has 0 radical (unpaired) electrons. The minimum Gasteiger partial charge on any atom is -0.504 e. The molecule has 0 bridgehead atoms. The van der Waals surface area contributed by atoms with Crippen molar-refractivity contribution in [3.8, 4) is 17.2 Å². The van der Waals surface area contributed by atoms with Gasteiger partial charge in [0.05, 0.1) is 13.2 Å². The van der Waals surface area contributed by atoms with E-state index in [-0.39, 0.29) is 5.75 Å². The van der Waals surface area contributed by atoms with E-state index in [1.54, 1.807) is 12.1 Å². The van der Waals surface area contributed by atoms with Crippen molar-refractivity contribution in [2.24, 2.45) is 0 Å². The van der Waals surface area contributed by atoms with E-state index in [1.165, 1.54) is 0 Å². The van der Waals surface area contributed by atoms with Crippen LogP contribution in [0.25, 0.3) is 0 Å². The van der Waals surface area contributed by atoms with Crippen LogP contribution < -0.4 is 9.47 Å². The molecule has 0 aliphatic carbocycles. The molecule has 1 N–H and O–H groups in total. The van der Waals surface area contributed by atoms with Crippen LogP contribution in [0, 0.1) is 0 Å². The summed E-state index contributed by atoms with van der Waals surface area (Å²) in [5.74, 6) is 1.55. The van der Waals surface area contributed by atoms with E-state index in [2.05, 4.69) is 15.9 Å². The number of fused-ring (bicyclic) bond motifs is 1. The highest BCUT2D eigenvalue weighted by molar-refractivity contribution is 9.09. The molecule has 1 aliphatic rings. The zero-order valence-electron chi connectivity index (χ0n) is 8.33. The van der Waals surface area contributed by atoms with Gasteiger partial charge in [-0.3, -0.25) is 0 Å². The normalized spacial score (nSPS) is 13.4. The van der Waals surface area contributed by atoms with Gasteiger partial charge in [-0.05, 0) is 12.5 Å². The molecule has 0 saturated heterocycles. The largest absolute Gasteiger partial charge is 0.504 e. The fraction of sp³-hybridized carbons (Fsp3) is 0.455. The van der Waals surface area contributed by atoms with E-state index in [4.69, 9.17) is 9.47 Å². The second-order valence-electron chi connectivity index (χ2n) is 3.42. The predicted molar refractivity (Wildman–Crippen MR) is 61.2 cm³/mol. The minimum absolute atomic E-state index is 0.203. The fourth-order valence-corrected chi connectivity index (χ4v) is 1.77.